The Kier molecular flexibility index (Phi) is 5.06. The Morgan fingerprint density at radius 1 is 1.04 bits per heavy atom. The lowest BCUT2D eigenvalue weighted by Crippen LogP contribution is -2.27. The fraction of sp³-hybridized carbons (Fsp3) is 0.316. The zero-order valence-electron chi connectivity index (χ0n) is 14.1. The highest BCUT2D eigenvalue weighted by molar-refractivity contribution is 5.95. The third kappa shape index (κ3) is 5.11. The minimum absolute atomic E-state index is 0.238. The molecule has 4 nitrogen and oxygen atoms in total. The van der Waals surface area contributed by atoms with E-state index in [-0.39, 0.29) is 11.5 Å². The quantitative estimate of drug-likeness (QED) is 0.902. The van der Waals surface area contributed by atoms with Gasteiger partial charge in [0.1, 0.15) is 17.4 Å². The van der Waals surface area contributed by atoms with E-state index in [2.05, 4.69) is 5.32 Å². The minimum Gasteiger partial charge on any atom is -0.488 e. The molecular weight excluding hydrogens is 288 g/mol. The van der Waals surface area contributed by atoms with Crippen molar-refractivity contribution in [1.82, 2.24) is 0 Å². The predicted octanol–water partition coefficient (Wildman–Crippen LogP) is 3.81. The van der Waals surface area contributed by atoms with Crippen LogP contribution in [0.3, 0.4) is 0 Å². The summed E-state index contributed by atoms with van der Waals surface area (Å²) in [5.74, 6) is 0.525. The van der Waals surface area contributed by atoms with Crippen LogP contribution in [0.15, 0.2) is 48.5 Å². The Morgan fingerprint density at radius 2 is 1.61 bits per heavy atom. The third-order valence-corrected chi connectivity index (χ3v) is 3.26. The highest BCUT2D eigenvalue weighted by atomic mass is 16.5. The van der Waals surface area contributed by atoms with Crippen molar-refractivity contribution in [2.75, 3.05) is 5.32 Å². The van der Waals surface area contributed by atoms with E-state index in [0.717, 1.165) is 16.9 Å². The van der Waals surface area contributed by atoms with Gasteiger partial charge in [-0.3, -0.25) is 4.79 Å². The Hall–Kier alpha value is -2.33. The Labute approximate surface area is 137 Å². The highest BCUT2D eigenvalue weighted by Gasteiger charge is 2.16. The second kappa shape index (κ2) is 6.84. The Bertz CT molecular complexity index is 655. The molecule has 0 bridgehead atoms. The molecule has 0 saturated carbocycles. The van der Waals surface area contributed by atoms with Crippen molar-refractivity contribution in [3.05, 3.63) is 59.7 Å². The van der Waals surface area contributed by atoms with E-state index in [4.69, 9.17) is 10.5 Å². The normalized spacial score (nSPS) is 12.6. The van der Waals surface area contributed by atoms with Gasteiger partial charge in [-0.25, -0.2) is 0 Å². The predicted molar refractivity (Wildman–Crippen MR) is 93.6 cm³/mol. The second-order valence-corrected chi connectivity index (χ2v) is 6.62. The number of ether oxygens (including phenoxy) is 1. The molecule has 23 heavy (non-hydrogen) atoms. The van der Waals surface area contributed by atoms with Gasteiger partial charge in [-0.15, -0.1) is 0 Å². The van der Waals surface area contributed by atoms with Crippen LogP contribution in [0, 0.1) is 6.92 Å². The first-order valence-corrected chi connectivity index (χ1v) is 7.67. The SMILES string of the molecule is Cc1ccc(C(N)C(=O)Nc2ccc(OC(C)(C)C)cc2)cc1. The van der Waals surface area contributed by atoms with Gasteiger partial charge >= 0.3 is 0 Å². The van der Waals surface area contributed by atoms with E-state index in [1.807, 2.05) is 64.1 Å². The number of amides is 1. The number of aryl methyl sites for hydroxylation is 1. The summed E-state index contributed by atoms with van der Waals surface area (Å²) in [6.07, 6.45) is 0. The highest BCUT2D eigenvalue weighted by Crippen LogP contribution is 2.21. The van der Waals surface area contributed by atoms with Crippen molar-refractivity contribution in [1.29, 1.82) is 0 Å². The van der Waals surface area contributed by atoms with Crippen LogP contribution in [-0.4, -0.2) is 11.5 Å². The van der Waals surface area contributed by atoms with Crippen LogP contribution < -0.4 is 15.8 Å². The molecule has 0 heterocycles. The molecule has 0 aliphatic heterocycles. The molecule has 1 unspecified atom stereocenters. The summed E-state index contributed by atoms with van der Waals surface area (Å²) < 4.78 is 5.75. The lowest BCUT2D eigenvalue weighted by molar-refractivity contribution is -0.117. The summed E-state index contributed by atoms with van der Waals surface area (Å²) in [4.78, 5) is 12.2. The van der Waals surface area contributed by atoms with Gasteiger partial charge in [0, 0.05) is 5.69 Å². The van der Waals surface area contributed by atoms with E-state index in [1.165, 1.54) is 0 Å². The number of benzene rings is 2. The lowest BCUT2D eigenvalue weighted by Gasteiger charge is -2.21. The van der Waals surface area contributed by atoms with Crippen LogP contribution in [0.5, 0.6) is 5.75 Å². The zero-order valence-corrected chi connectivity index (χ0v) is 14.1. The molecule has 3 N–H and O–H groups in total. The van der Waals surface area contributed by atoms with Crippen molar-refractivity contribution in [3.8, 4) is 5.75 Å². The fourth-order valence-electron chi connectivity index (χ4n) is 2.11. The minimum atomic E-state index is -0.693. The molecule has 0 fully saturated rings. The van der Waals surface area contributed by atoms with Crippen molar-refractivity contribution in [2.45, 2.75) is 39.3 Å². The molecule has 2 aromatic carbocycles. The number of nitrogens with one attached hydrogen (secondary N) is 1. The van der Waals surface area contributed by atoms with Gasteiger partial charge in [0.15, 0.2) is 0 Å². The number of anilines is 1. The summed E-state index contributed by atoms with van der Waals surface area (Å²) in [7, 11) is 0. The van der Waals surface area contributed by atoms with Crippen LogP contribution in [0.1, 0.15) is 37.9 Å². The third-order valence-electron chi connectivity index (χ3n) is 3.26. The Morgan fingerprint density at radius 3 is 2.13 bits per heavy atom. The number of carbonyl (C=O) groups is 1. The van der Waals surface area contributed by atoms with Crippen molar-refractivity contribution in [2.24, 2.45) is 5.73 Å². The van der Waals surface area contributed by atoms with Crippen LogP contribution in [0.2, 0.25) is 0 Å². The molecule has 4 heteroatoms. The van der Waals surface area contributed by atoms with Crippen LogP contribution in [0.25, 0.3) is 0 Å². The molecular formula is C19H24N2O2. The molecule has 0 spiro atoms. The molecule has 2 rings (SSSR count). The van der Waals surface area contributed by atoms with Gasteiger partial charge in [-0.05, 0) is 57.5 Å². The molecule has 0 aliphatic carbocycles. The number of rotatable bonds is 4. The molecule has 0 aromatic heterocycles. The first-order chi connectivity index (χ1) is 10.7. The van der Waals surface area contributed by atoms with Crippen molar-refractivity contribution < 1.29 is 9.53 Å². The maximum absolute atomic E-state index is 12.2. The second-order valence-electron chi connectivity index (χ2n) is 6.62. The summed E-state index contributed by atoms with van der Waals surface area (Å²) in [5.41, 5.74) is 8.38. The van der Waals surface area contributed by atoms with E-state index in [0.29, 0.717) is 5.69 Å². The largest absolute Gasteiger partial charge is 0.488 e. The fourth-order valence-corrected chi connectivity index (χ4v) is 2.11. The van der Waals surface area contributed by atoms with E-state index < -0.39 is 6.04 Å². The first kappa shape index (κ1) is 17.0. The van der Waals surface area contributed by atoms with Gasteiger partial charge in [0.2, 0.25) is 5.91 Å². The monoisotopic (exact) mass is 312 g/mol. The molecule has 1 atom stereocenters. The van der Waals surface area contributed by atoms with Crippen molar-refractivity contribution in [3.63, 3.8) is 0 Å². The summed E-state index contributed by atoms with van der Waals surface area (Å²) >= 11 is 0. The summed E-state index contributed by atoms with van der Waals surface area (Å²) in [6, 6.07) is 14.2. The topological polar surface area (TPSA) is 64.4 Å². The first-order valence-electron chi connectivity index (χ1n) is 7.67. The molecule has 0 saturated heterocycles. The van der Waals surface area contributed by atoms with E-state index >= 15 is 0 Å². The van der Waals surface area contributed by atoms with Gasteiger partial charge in [0.25, 0.3) is 0 Å². The van der Waals surface area contributed by atoms with E-state index in [9.17, 15) is 4.79 Å². The molecule has 2 aromatic rings. The van der Waals surface area contributed by atoms with E-state index in [1.54, 1.807) is 12.1 Å². The van der Waals surface area contributed by atoms with Gasteiger partial charge < -0.3 is 15.8 Å². The zero-order chi connectivity index (χ0) is 17.0. The van der Waals surface area contributed by atoms with Gasteiger partial charge in [0.05, 0.1) is 0 Å². The molecule has 0 radical (unpaired) electrons. The number of hydrogen-bond acceptors (Lipinski definition) is 3. The van der Waals surface area contributed by atoms with Crippen molar-refractivity contribution >= 4 is 11.6 Å². The summed E-state index contributed by atoms with van der Waals surface area (Å²) in [5, 5.41) is 2.83. The smallest absolute Gasteiger partial charge is 0.245 e. The standard InChI is InChI=1S/C19H24N2O2/c1-13-5-7-14(8-6-13)17(20)18(22)21-15-9-11-16(12-10-15)23-19(2,3)4/h5-12,17H,20H2,1-4H3,(H,21,22). The maximum atomic E-state index is 12.2. The average Bonchev–Trinajstić information content (AvgIpc) is 2.48. The van der Waals surface area contributed by atoms with Crippen LogP contribution in [-0.2, 0) is 4.79 Å². The lowest BCUT2D eigenvalue weighted by atomic mass is 10.1. The Balaban J connectivity index is 2.01. The molecule has 122 valence electrons. The maximum Gasteiger partial charge on any atom is 0.245 e. The van der Waals surface area contributed by atoms with Crippen LogP contribution >= 0.6 is 0 Å². The summed E-state index contributed by atoms with van der Waals surface area (Å²) in [6.45, 7) is 7.96. The molecule has 1 amide bonds. The van der Waals surface area contributed by atoms with Gasteiger partial charge in [-0.1, -0.05) is 29.8 Å². The number of hydrogen-bond donors (Lipinski definition) is 2. The number of nitrogens with two attached hydrogens (primary N) is 1. The number of carbonyl (C=O) groups excluding carboxylic acids is 1. The van der Waals surface area contributed by atoms with Crippen LogP contribution in [0.4, 0.5) is 5.69 Å². The van der Waals surface area contributed by atoms with Gasteiger partial charge in [-0.2, -0.15) is 0 Å². The molecule has 0 aliphatic rings. The average molecular weight is 312 g/mol.